The van der Waals surface area contributed by atoms with Crippen molar-refractivity contribution in [3.8, 4) is 0 Å². The van der Waals surface area contributed by atoms with Crippen molar-refractivity contribution in [2.24, 2.45) is 0 Å². The van der Waals surface area contributed by atoms with Gasteiger partial charge in [-0.05, 0) is 20.4 Å². The summed E-state index contributed by atoms with van der Waals surface area (Å²) in [5, 5.41) is 7.61. The van der Waals surface area contributed by atoms with Gasteiger partial charge in [0, 0.05) is 25.4 Å². The lowest BCUT2D eigenvalue weighted by molar-refractivity contribution is 0.0630. The Morgan fingerprint density at radius 1 is 1.50 bits per heavy atom. The molecular weight excluding hydrogens is 202 g/mol. The normalized spacial score (nSPS) is 15.0. The number of methoxy groups -OCH3 is 1. The summed E-state index contributed by atoms with van der Waals surface area (Å²) in [5.41, 5.74) is 1.20. The fraction of sp³-hybridized carbons (Fsp3) is 0.750. The van der Waals surface area contributed by atoms with Crippen LogP contribution in [0.3, 0.4) is 0 Å². The second-order valence-electron chi connectivity index (χ2n) is 3.96. The van der Waals surface area contributed by atoms with E-state index in [0.29, 0.717) is 0 Å². The molecule has 1 rings (SSSR count). The molecule has 1 N–H and O–H groups in total. The number of rotatable bonds is 7. The van der Waals surface area contributed by atoms with Crippen molar-refractivity contribution >= 4 is 0 Å². The van der Waals surface area contributed by atoms with Gasteiger partial charge in [0.1, 0.15) is 0 Å². The second-order valence-corrected chi connectivity index (χ2v) is 3.96. The Hall–Kier alpha value is -0.870. The number of aryl methyl sites for hydroxylation is 1. The van der Waals surface area contributed by atoms with Crippen molar-refractivity contribution in [2.45, 2.75) is 45.4 Å². The predicted octanol–water partition coefficient (Wildman–Crippen LogP) is 1.98. The van der Waals surface area contributed by atoms with E-state index in [1.54, 1.807) is 7.11 Å². The SMILES string of the molecule is CCCC(OC)C(NC)c1cnn(CC)c1. The van der Waals surface area contributed by atoms with Crippen LogP contribution in [-0.4, -0.2) is 30.0 Å². The third kappa shape index (κ3) is 3.06. The highest BCUT2D eigenvalue weighted by atomic mass is 16.5. The second kappa shape index (κ2) is 6.66. The fourth-order valence-corrected chi connectivity index (χ4v) is 1.99. The molecule has 0 fully saturated rings. The molecule has 16 heavy (non-hydrogen) atoms. The molecule has 0 saturated heterocycles. The maximum atomic E-state index is 5.54. The molecule has 2 unspecified atom stereocenters. The van der Waals surface area contributed by atoms with E-state index in [2.05, 4.69) is 30.5 Å². The van der Waals surface area contributed by atoms with Gasteiger partial charge in [0.25, 0.3) is 0 Å². The van der Waals surface area contributed by atoms with Crippen LogP contribution in [0.2, 0.25) is 0 Å². The number of hydrogen-bond acceptors (Lipinski definition) is 3. The molecule has 0 aliphatic heterocycles. The molecule has 0 aliphatic rings. The Labute approximate surface area is 98.0 Å². The van der Waals surface area contributed by atoms with Gasteiger partial charge < -0.3 is 10.1 Å². The summed E-state index contributed by atoms with van der Waals surface area (Å²) >= 11 is 0. The molecule has 1 aromatic rings. The average molecular weight is 225 g/mol. The van der Waals surface area contributed by atoms with Crippen molar-refractivity contribution in [1.29, 1.82) is 0 Å². The van der Waals surface area contributed by atoms with E-state index in [9.17, 15) is 0 Å². The Bertz CT molecular complexity index is 298. The van der Waals surface area contributed by atoms with Crippen LogP contribution in [0.1, 0.15) is 38.3 Å². The Morgan fingerprint density at radius 3 is 2.69 bits per heavy atom. The van der Waals surface area contributed by atoms with E-state index in [4.69, 9.17) is 4.74 Å². The molecule has 0 saturated carbocycles. The van der Waals surface area contributed by atoms with E-state index in [1.807, 2.05) is 17.9 Å². The summed E-state index contributed by atoms with van der Waals surface area (Å²) in [4.78, 5) is 0. The van der Waals surface area contributed by atoms with E-state index >= 15 is 0 Å². The lowest BCUT2D eigenvalue weighted by Gasteiger charge is -2.24. The molecule has 4 nitrogen and oxygen atoms in total. The third-order valence-corrected chi connectivity index (χ3v) is 2.90. The van der Waals surface area contributed by atoms with Crippen LogP contribution in [-0.2, 0) is 11.3 Å². The molecular formula is C12H23N3O. The molecule has 0 radical (unpaired) electrons. The average Bonchev–Trinajstić information content (AvgIpc) is 2.77. The Morgan fingerprint density at radius 2 is 2.25 bits per heavy atom. The molecule has 0 aliphatic carbocycles. The zero-order valence-electron chi connectivity index (χ0n) is 10.7. The molecule has 92 valence electrons. The van der Waals surface area contributed by atoms with Crippen LogP contribution in [0.15, 0.2) is 12.4 Å². The molecule has 0 amide bonds. The number of aromatic nitrogens is 2. The van der Waals surface area contributed by atoms with Crippen LogP contribution in [0.4, 0.5) is 0 Å². The molecule has 1 heterocycles. The van der Waals surface area contributed by atoms with Gasteiger partial charge in [-0.3, -0.25) is 4.68 Å². The highest BCUT2D eigenvalue weighted by molar-refractivity contribution is 5.12. The Kier molecular flexibility index (Phi) is 5.49. The minimum atomic E-state index is 0.213. The predicted molar refractivity (Wildman–Crippen MR) is 65.4 cm³/mol. The lowest BCUT2D eigenvalue weighted by atomic mass is 10.0. The summed E-state index contributed by atoms with van der Waals surface area (Å²) in [7, 11) is 3.74. The van der Waals surface area contributed by atoms with Crippen LogP contribution in [0.5, 0.6) is 0 Å². The van der Waals surface area contributed by atoms with Gasteiger partial charge in [-0.25, -0.2) is 0 Å². The number of nitrogens with one attached hydrogen (secondary N) is 1. The quantitative estimate of drug-likeness (QED) is 0.771. The minimum Gasteiger partial charge on any atom is -0.379 e. The molecule has 2 atom stereocenters. The first-order valence-electron chi connectivity index (χ1n) is 5.99. The maximum absolute atomic E-state index is 5.54. The monoisotopic (exact) mass is 225 g/mol. The first-order valence-corrected chi connectivity index (χ1v) is 5.99. The van der Waals surface area contributed by atoms with Crippen molar-refractivity contribution in [3.05, 3.63) is 18.0 Å². The van der Waals surface area contributed by atoms with Crippen molar-refractivity contribution in [3.63, 3.8) is 0 Å². The Balaban J connectivity index is 2.78. The zero-order valence-corrected chi connectivity index (χ0v) is 10.7. The highest BCUT2D eigenvalue weighted by Crippen LogP contribution is 2.21. The van der Waals surface area contributed by atoms with E-state index < -0.39 is 0 Å². The number of ether oxygens (including phenoxy) is 1. The van der Waals surface area contributed by atoms with Crippen LogP contribution < -0.4 is 5.32 Å². The molecule has 1 aromatic heterocycles. The topological polar surface area (TPSA) is 39.1 Å². The van der Waals surface area contributed by atoms with Gasteiger partial charge in [-0.15, -0.1) is 0 Å². The van der Waals surface area contributed by atoms with Gasteiger partial charge in [-0.1, -0.05) is 13.3 Å². The van der Waals surface area contributed by atoms with Crippen LogP contribution in [0, 0.1) is 0 Å². The largest absolute Gasteiger partial charge is 0.379 e. The first kappa shape index (κ1) is 13.2. The van der Waals surface area contributed by atoms with Crippen molar-refractivity contribution in [2.75, 3.05) is 14.2 Å². The molecule has 0 bridgehead atoms. The standard InChI is InChI=1S/C12H23N3O/c1-5-7-11(16-4)12(13-3)10-8-14-15(6-2)9-10/h8-9,11-13H,5-7H2,1-4H3. The summed E-state index contributed by atoms with van der Waals surface area (Å²) in [6.07, 6.45) is 6.40. The zero-order chi connectivity index (χ0) is 12.0. The highest BCUT2D eigenvalue weighted by Gasteiger charge is 2.21. The summed E-state index contributed by atoms with van der Waals surface area (Å²) < 4.78 is 7.48. The number of likely N-dealkylation sites (N-methyl/N-ethyl adjacent to an activating group) is 1. The molecule has 4 heteroatoms. The van der Waals surface area contributed by atoms with E-state index in [-0.39, 0.29) is 12.1 Å². The minimum absolute atomic E-state index is 0.213. The van der Waals surface area contributed by atoms with E-state index in [0.717, 1.165) is 19.4 Å². The van der Waals surface area contributed by atoms with Gasteiger partial charge >= 0.3 is 0 Å². The van der Waals surface area contributed by atoms with Crippen LogP contribution >= 0.6 is 0 Å². The van der Waals surface area contributed by atoms with Crippen LogP contribution in [0.25, 0.3) is 0 Å². The van der Waals surface area contributed by atoms with Gasteiger partial charge in [0.2, 0.25) is 0 Å². The summed E-state index contributed by atoms with van der Waals surface area (Å²) in [6, 6.07) is 0.227. The van der Waals surface area contributed by atoms with Crippen molar-refractivity contribution < 1.29 is 4.74 Å². The summed E-state index contributed by atoms with van der Waals surface area (Å²) in [6.45, 7) is 5.17. The lowest BCUT2D eigenvalue weighted by Crippen LogP contribution is -2.30. The number of hydrogen-bond donors (Lipinski definition) is 1. The van der Waals surface area contributed by atoms with Gasteiger partial charge in [-0.2, -0.15) is 5.10 Å². The van der Waals surface area contributed by atoms with Crippen molar-refractivity contribution in [1.82, 2.24) is 15.1 Å². The van der Waals surface area contributed by atoms with E-state index in [1.165, 1.54) is 5.56 Å². The van der Waals surface area contributed by atoms with Gasteiger partial charge in [0.15, 0.2) is 0 Å². The molecule has 0 spiro atoms. The molecule has 0 aromatic carbocycles. The van der Waals surface area contributed by atoms with Gasteiger partial charge in [0.05, 0.1) is 18.3 Å². The first-order chi connectivity index (χ1) is 7.76. The third-order valence-electron chi connectivity index (χ3n) is 2.90. The maximum Gasteiger partial charge on any atom is 0.0766 e. The number of nitrogens with zero attached hydrogens (tertiary/aromatic N) is 2. The summed E-state index contributed by atoms with van der Waals surface area (Å²) in [5.74, 6) is 0. The fourth-order valence-electron chi connectivity index (χ4n) is 1.99. The smallest absolute Gasteiger partial charge is 0.0766 e.